The SMILES string of the molecule is CC(CCN(C)Cc1nccn1C)C1CCCNC1. The number of hydrogen-bond acceptors (Lipinski definition) is 3. The fourth-order valence-corrected chi connectivity index (χ4v) is 2.89. The van der Waals surface area contributed by atoms with Crippen LogP contribution in [0.5, 0.6) is 0 Å². The number of piperidine rings is 1. The van der Waals surface area contributed by atoms with Gasteiger partial charge in [-0.15, -0.1) is 0 Å². The second-order valence-corrected chi connectivity index (χ2v) is 6.06. The molecular formula is C15H28N4. The first kappa shape index (κ1) is 14.5. The molecule has 1 aliphatic heterocycles. The van der Waals surface area contributed by atoms with Crippen LogP contribution < -0.4 is 5.32 Å². The van der Waals surface area contributed by atoms with Crippen molar-refractivity contribution in [2.24, 2.45) is 18.9 Å². The van der Waals surface area contributed by atoms with Gasteiger partial charge < -0.3 is 9.88 Å². The Balaban J connectivity index is 1.70. The number of hydrogen-bond donors (Lipinski definition) is 1. The average molecular weight is 264 g/mol. The van der Waals surface area contributed by atoms with Gasteiger partial charge in [-0.2, -0.15) is 0 Å². The lowest BCUT2D eigenvalue weighted by Gasteiger charge is -2.29. The Morgan fingerprint density at radius 2 is 2.42 bits per heavy atom. The van der Waals surface area contributed by atoms with Crippen LogP contribution in [0, 0.1) is 11.8 Å². The van der Waals surface area contributed by atoms with Gasteiger partial charge in [0.25, 0.3) is 0 Å². The molecule has 0 amide bonds. The van der Waals surface area contributed by atoms with Gasteiger partial charge in [0.2, 0.25) is 0 Å². The van der Waals surface area contributed by atoms with E-state index in [1.54, 1.807) is 0 Å². The van der Waals surface area contributed by atoms with Crippen LogP contribution in [0.15, 0.2) is 12.4 Å². The van der Waals surface area contributed by atoms with E-state index in [0.717, 1.165) is 30.7 Å². The Morgan fingerprint density at radius 1 is 1.58 bits per heavy atom. The molecule has 0 saturated carbocycles. The normalized spacial score (nSPS) is 21.8. The van der Waals surface area contributed by atoms with Gasteiger partial charge in [0.05, 0.1) is 6.54 Å². The van der Waals surface area contributed by atoms with Crippen LogP contribution in [-0.4, -0.2) is 41.1 Å². The van der Waals surface area contributed by atoms with Crippen LogP contribution in [0.1, 0.15) is 32.0 Å². The first-order chi connectivity index (χ1) is 9.16. The molecule has 0 spiro atoms. The fourth-order valence-electron chi connectivity index (χ4n) is 2.89. The predicted molar refractivity (Wildman–Crippen MR) is 78.9 cm³/mol. The predicted octanol–water partition coefficient (Wildman–Crippen LogP) is 1.88. The van der Waals surface area contributed by atoms with Crippen molar-refractivity contribution in [3.63, 3.8) is 0 Å². The maximum Gasteiger partial charge on any atom is 0.122 e. The standard InChI is InChI=1S/C15H28N4/c1-13(14-5-4-7-16-11-14)6-9-18(2)12-15-17-8-10-19(15)3/h8,10,13-14,16H,4-7,9,11-12H2,1-3H3. The summed E-state index contributed by atoms with van der Waals surface area (Å²) in [5.74, 6) is 2.83. The van der Waals surface area contributed by atoms with Gasteiger partial charge in [-0.1, -0.05) is 6.92 Å². The van der Waals surface area contributed by atoms with Gasteiger partial charge in [-0.25, -0.2) is 4.98 Å². The summed E-state index contributed by atoms with van der Waals surface area (Å²) >= 11 is 0. The molecule has 1 saturated heterocycles. The maximum absolute atomic E-state index is 4.38. The number of imidazole rings is 1. The minimum absolute atomic E-state index is 0.816. The highest BCUT2D eigenvalue weighted by atomic mass is 15.1. The summed E-state index contributed by atoms with van der Waals surface area (Å²) in [6, 6.07) is 0. The Kier molecular flexibility index (Phi) is 5.40. The molecule has 2 atom stereocenters. The summed E-state index contributed by atoms with van der Waals surface area (Å²) in [6.45, 7) is 6.93. The molecule has 0 bridgehead atoms. The molecule has 108 valence electrons. The van der Waals surface area contributed by atoms with E-state index in [-0.39, 0.29) is 0 Å². The summed E-state index contributed by atoms with van der Waals surface area (Å²) < 4.78 is 2.10. The molecule has 4 heteroatoms. The largest absolute Gasteiger partial charge is 0.337 e. The number of aryl methyl sites for hydroxylation is 1. The summed E-state index contributed by atoms with van der Waals surface area (Å²) in [7, 11) is 4.26. The van der Waals surface area contributed by atoms with E-state index in [2.05, 4.69) is 40.8 Å². The Labute approximate surface area is 117 Å². The molecule has 1 fully saturated rings. The van der Waals surface area contributed by atoms with Crippen LogP contribution >= 0.6 is 0 Å². The molecule has 19 heavy (non-hydrogen) atoms. The molecule has 1 N–H and O–H groups in total. The third-order valence-corrected chi connectivity index (χ3v) is 4.44. The molecule has 1 aliphatic rings. The zero-order valence-corrected chi connectivity index (χ0v) is 12.6. The molecule has 1 aromatic heterocycles. The quantitative estimate of drug-likeness (QED) is 0.851. The van der Waals surface area contributed by atoms with Crippen molar-refractivity contribution < 1.29 is 0 Å². The van der Waals surface area contributed by atoms with Crippen molar-refractivity contribution in [3.8, 4) is 0 Å². The average Bonchev–Trinajstić information content (AvgIpc) is 2.82. The van der Waals surface area contributed by atoms with Crippen molar-refractivity contribution in [1.82, 2.24) is 19.8 Å². The molecular weight excluding hydrogens is 236 g/mol. The number of nitrogens with zero attached hydrogens (tertiary/aromatic N) is 3. The Morgan fingerprint density at radius 3 is 3.05 bits per heavy atom. The van der Waals surface area contributed by atoms with E-state index in [9.17, 15) is 0 Å². The summed E-state index contributed by atoms with van der Waals surface area (Å²) in [6.07, 6.45) is 7.92. The molecule has 0 radical (unpaired) electrons. The van der Waals surface area contributed by atoms with Crippen molar-refractivity contribution >= 4 is 0 Å². The highest BCUT2D eigenvalue weighted by Crippen LogP contribution is 2.22. The topological polar surface area (TPSA) is 33.1 Å². The van der Waals surface area contributed by atoms with Crippen LogP contribution in [0.3, 0.4) is 0 Å². The van der Waals surface area contributed by atoms with E-state index < -0.39 is 0 Å². The maximum atomic E-state index is 4.38. The van der Waals surface area contributed by atoms with Gasteiger partial charge in [-0.05, 0) is 57.8 Å². The lowest BCUT2D eigenvalue weighted by Crippen LogP contribution is -2.34. The summed E-state index contributed by atoms with van der Waals surface area (Å²) in [5, 5.41) is 3.52. The highest BCUT2D eigenvalue weighted by molar-refractivity contribution is 4.90. The highest BCUT2D eigenvalue weighted by Gasteiger charge is 2.19. The Hall–Kier alpha value is -0.870. The second-order valence-electron chi connectivity index (χ2n) is 6.06. The number of nitrogens with one attached hydrogen (secondary N) is 1. The van der Waals surface area contributed by atoms with Crippen LogP contribution in [0.25, 0.3) is 0 Å². The van der Waals surface area contributed by atoms with Crippen molar-refractivity contribution in [2.75, 3.05) is 26.7 Å². The van der Waals surface area contributed by atoms with E-state index in [1.165, 1.54) is 32.4 Å². The monoisotopic (exact) mass is 264 g/mol. The second kappa shape index (κ2) is 7.06. The molecule has 0 aromatic carbocycles. The van der Waals surface area contributed by atoms with Gasteiger partial charge >= 0.3 is 0 Å². The molecule has 1 aromatic rings. The zero-order chi connectivity index (χ0) is 13.7. The van der Waals surface area contributed by atoms with Gasteiger partial charge in [0.15, 0.2) is 0 Å². The van der Waals surface area contributed by atoms with Crippen LogP contribution in [-0.2, 0) is 13.6 Å². The van der Waals surface area contributed by atoms with E-state index >= 15 is 0 Å². The minimum atomic E-state index is 0.816. The lowest BCUT2D eigenvalue weighted by molar-refractivity contribution is 0.226. The third kappa shape index (κ3) is 4.32. The Bertz CT molecular complexity index is 368. The third-order valence-electron chi connectivity index (χ3n) is 4.44. The van der Waals surface area contributed by atoms with Gasteiger partial charge in [0.1, 0.15) is 5.82 Å². The van der Waals surface area contributed by atoms with Crippen molar-refractivity contribution in [3.05, 3.63) is 18.2 Å². The van der Waals surface area contributed by atoms with Crippen LogP contribution in [0.4, 0.5) is 0 Å². The van der Waals surface area contributed by atoms with Gasteiger partial charge in [-0.3, -0.25) is 4.90 Å². The minimum Gasteiger partial charge on any atom is -0.337 e. The molecule has 2 rings (SSSR count). The van der Waals surface area contributed by atoms with Crippen LogP contribution in [0.2, 0.25) is 0 Å². The summed E-state index contributed by atoms with van der Waals surface area (Å²) in [4.78, 5) is 6.77. The number of rotatable bonds is 6. The fraction of sp³-hybridized carbons (Fsp3) is 0.800. The lowest BCUT2D eigenvalue weighted by atomic mass is 9.85. The summed E-state index contributed by atoms with van der Waals surface area (Å²) in [5.41, 5.74) is 0. The molecule has 4 nitrogen and oxygen atoms in total. The van der Waals surface area contributed by atoms with E-state index in [0.29, 0.717) is 0 Å². The first-order valence-corrected chi connectivity index (χ1v) is 7.52. The van der Waals surface area contributed by atoms with Crippen molar-refractivity contribution in [2.45, 2.75) is 32.7 Å². The zero-order valence-electron chi connectivity index (χ0n) is 12.6. The molecule has 2 heterocycles. The molecule has 0 aliphatic carbocycles. The first-order valence-electron chi connectivity index (χ1n) is 7.52. The van der Waals surface area contributed by atoms with Gasteiger partial charge in [0, 0.05) is 19.4 Å². The van der Waals surface area contributed by atoms with E-state index in [1.807, 2.05) is 12.4 Å². The smallest absolute Gasteiger partial charge is 0.122 e. The number of aromatic nitrogens is 2. The van der Waals surface area contributed by atoms with E-state index in [4.69, 9.17) is 0 Å². The molecule has 2 unspecified atom stereocenters. The van der Waals surface area contributed by atoms with Crippen molar-refractivity contribution in [1.29, 1.82) is 0 Å².